The molecule has 0 bridgehead atoms. The molecular weight excluding hydrogens is 297 g/mol. The van der Waals surface area contributed by atoms with Crippen LogP contribution in [0.4, 0.5) is 4.39 Å². The Bertz CT molecular complexity index is 506. The van der Waals surface area contributed by atoms with Crippen molar-refractivity contribution in [3.05, 3.63) is 33.5 Å². The van der Waals surface area contributed by atoms with Gasteiger partial charge in [0.25, 0.3) is 5.91 Å². The first kappa shape index (κ1) is 11.7. The molecule has 0 radical (unpaired) electrons. The van der Waals surface area contributed by atoms with E-state index in [1.165, 1.54) is 16.6 Å². The van der Waals surface area contributed by atoms with Gasteiger partial charge in [-0.2, -0.15) is 0 Å². The lowest BCUT2D eigenvalue weighted by Crippen LogP contribution is -2.28. The maximum Gasteiger partial charge on any atom is 0.266 e. The summed E-state index contributed by atoms with van der Waals surface area (Å²) < 4.78 is 26.8. The number of rotatable bonds is 1. The fourth-order valence-electron chi connectivity index (χ4n) is 1.94. The molecule has 0 spiro atoms. The van der Waals surface area contributed by atoms with Crippen LogP contribution in [0.15, 0.2) is 16.6 Å². The molecule has 0 unspecified atom stereocenters. The van der Waals surface area contributed by atoms with Gasteiger partial charge < -0.3 is 0 Å². The molecule has 0 saturated heterocycles. The molecule has 0 N–H and O–H groups in total. The number of hydrogen-bond acceptors (Lipinski definition) is 2. The molecule has 2 rings (SSSR count). The Kier molecular flexibility index (Phi) is 2.88. The van der Waals surface area contributed by atoms with Gasteiger partial charge in [0.2, 0.25) is 0 Å². The van der Waals surface area contributed by atoms with E-state index in [9.17, 15) is 13.4 Å². The molecule has 1 aliphatic heterocycles. The third-order valence-electron chi connectivity index (χ3n) is 2.57. The van der Waals surface area contributed by atoms with Crippen LogP contribution in [0, 0.1) is 5.82 Å². The number of halogens is 2. The van der Waals surface area contributed by atoms with Crippen LogP contribution in [0.2, 0.25) is 0 Å². The Morgan fingerprint density at radius 3 is 2.69 bits per heavy atom. The van der Waals surface area contributed by atoms with Crippen molar-refractivity contribution in [1.82, 2.24) is 4.31 Å². The van der Waals surface area contributed by atoms with E-state index in [-0.39, 0.29) is 11.5 Å². The number of nitrogens with zero attached hydrogens (tertiary/aromatic N) is 1. The minimum atomic E-state index is -1.44. The van der Waals surface area contributed by atoms with Gasteiger partial charge in [-0.1, -0.05) is 15.9 Å². The summed E-state index contributed by atoms with van der Waals surface area (Å²) in [5.41, 5.74) is 0.609. The van der Waals surface area contributed by atoms with Crippen LogP contribution < -0.4 is 0 Å². The molecule has 0 aliphatic carbocycles. The fraction of sp³-hybridized carbons (Fsp3) is 0.300. The molecule has 1 aliphatic rings. The van der Waals surface area contributed by atoms with Crippen LogP contribution in [0.3, 0.4) is 0 Å². The van der Waals surface area contributed by atoms with Crippen molar-refractivity contribution in [1.29, 1.82) is 0 Å². The Labute approximate surface area is 103 Å². The van der Waals surface area contributed by atoms with Crippen LogP contribution in [-0.4, -0.2) is 20.7 Å². The summed E-state index contributed by atoms with van der Waals surface area (Å²) in [5, 5.41) is 0. The molecular formula is C10H9BrFNO2S. The van der Waals surface area contributed by atoms with E-state index in [1.807, 2.05) is 0 Å². The largest absolute Gasteiger partial charge is 0.268 e. The first-order valence-electron chi connectivity index (χ1n) is 4.59. The van der Waals surface area contributed by atoms with Crippen LogP contribution in [0.5, 0.6) is 0 Å². The topological polar surface area (TPSA) is 37.4 Å². The van der Waals surface area contributed by atoms with Crippen molar-refractivity contribution in [3.8, 4) is 0 Å². The minimum absolute atomic E-state index is 0.287. The summed E-state index contributed by atoms with van der Waals surface area (Å²) in [6.07, 6.45) is 1.41. The molecule has 6 heteroatoms. The number of benzene rings is 1. The second-order valence-electron chi connectivity index (χ2n) is 3.58. The lowest BCUT2D eigenvalue weighted by atomic mass is 10.1. The second-order valence-corrected chi connectivity index (χ2v) is 5.74. The SMILES string of the molecule is C[C@H]1c2c(F)cc(Br)cc2C(=O)N1[S@](C)=O. The molecule has 0 aromatic heterocycles. The monoisotopic (exact) mass is 305 g/mol. The van der Waals surface area contributed by atoms with E-state index in [2.05, 4.69) is 15.9 Å². The number of fused-ring (bicyclic) bond motifs is 1. The lowest BCUT2D eigenvalue weighted by Gasteiger charge is -2.17. The molecule has 1 aromatic rings. The van der Waals surface area contributed by atoms with Crippen molar-refractivity contribution in [2.45, 2.75) is 13.0 Å². The highest BCUT2D eigenvalue weighted by atomic mass is 79.9. The number of carbonyl (C=O) groups excluding carboxylic acids is 1. The Morgan fingerprint density at radius 1 is 1.50 bits per heavy atom. The summed E-state index contributed by atoms with van der Waals surface area (Å²) in [6.45, 7) is 1.67. The molecule has 0 fully saturated rings. The molecule has 1 heterocycles. The molecule has 1 aromatic carbocycles. The van der Waals surface area contributed by atoms with E-state index in [0.29, 0.717) is 10.0 Å². The van der Waals surface area contributed by atoms with Crippen LogP contribution in [-0.2, 0) is 11.0 Å². The van der Waals surface area contributed by atoms with E-state index in [1.54, 1.807) is 13.0 Å². The second kappa shape index (κ2) is 3.92. The molecule has 86 valence electrons. The third kappa shape index (κ3) is 1.60. The predicted molar refractivity (Wildman–Crippen MR) is 62.8 cm³/mol. The maximum absolute atomic E-state index is 13.7. The van der Waals surface area contributed by atoms with Crippen molar-refractivity contribution in [2.24, 2.45) is 0 Å². The summed E-state index contributed by atoms with van der Waals surface area (Å²) in [6, 6.07) is 2.39. The molecule has 2 atom stereocenters. The van der Waals surface area contributed by atoms with Gasteiger partial charge in [-0.05, 0) is 19.1 Å². The normalized spacial score (nSPS) is 21.1. The zero-order valence-electron chi connectivity index (χ0n) is 8.66. The van der Waals surface area contributed by atoms with E-state index in [0.717, 1.165) is 0 Å². The smallest absolute Gasteiger partial charge is 0.266 e. The highest BCUT2D eigenvalue weighted by Gasteiger charge is 2.38. The number of amides is 1. The molecule has 0 saturated carbocycles. The van der Waals surface area contributed by atoms with Gasteiger partial charge in [-0.3, -0.25) is 9.10 Å². The number of hydrogen-bond donors (Lipinski definition) is 0. The maximum atomic E-state index is 13.7. The van der Waals surface area contributed by atoms with E-state index in [4.69, 9.17) is 0 Å². The lowest BCUT2D eigenvalue weighted by molar-refractivity contribution is 0.0866. The average Bonchev–Trinajstić information content (AvgIpc) is 2.38. The van der Waals surface area contributed by atoms with E-state index >= 15 is 0 Å². The predicted octanol–water partition coefficient (Wildman–Crippen LogP) is 2.40. The Balaban J connectivity index is 2.64. The summed E-state index contributed by atoms with van der Waals surface area (Å²) in [5.74, 6) is -0.832. The first-order chi connectivity index (χ1) is 7.43. The van der Waals surface area contributed by atoms with E-state index < -0.39 is 22.8 Å². The summed E-state index contributed by atoms with van der Waals surface area (Å²) in [4.78, 5) is 11.9. The van der Waals surface area contributed by atoms with Gasteiger partial charge >= 0.3 is 0 Å². The highest BCUT2D eigenvalue weighted by Crippen LogP contribution is 2.37. The molecule has 3 nitrogen and oxygen atoms in total. The van der Waals surface area contributed by atoms with Gasteiger partial charge in [0.05, 0.1) is 6.04 Å². The summed E-state index contributed by atoms with van der Waals surface area (Å²) >= 11 is 3.13. The van der Waals surface area contributed by atoms with Crippen LogP contribution in [0.1, 0.15) is 28.9 Å². The zero-order chi connectivity index (χ0) is 12.0. The molecule has 1 amide bonds. The van der Waals surface area contributed by atoms with Gasteiger partial charge in [0, 0.05) is 21.9 Å². The van der Waals surface area contributed by atoms with Crippen molar-refractivity contribution >= 4 is 32.8 Å². The van der Waals surface area contributed by atoms with Crippen molar-refractivity contribution < 1.29 is 13.4 Å². The standard InChI is InChI=1S/C10H9BrFNO2S/c1-5-9-7(3-6(11)4-8(9)12)10(14)13(5)16(2)15/h3-5H,1-2H3/t5-,16-/m0/s1. The quantitative estimate of drug-likeness (QED) is 0.799. The first-order valence-corrected chi connectivity index (χ1v) is 6.90. The fourth-order valence-corrected chi connectivity index (χ4v) is 3.25. The van der Waals surface area contributed by atoms with Gasteiger partial charge in [0.1, 0.15) is 16.8 Å². The Morgan fingerprint density at radius 2 is 2.12 bits per heavy atom. The van der Waals surface area contributed by atoms with Gasteiger partial charge in [-0.15, -0.1) is 0 Å². The Hall–Kier alpha value is -0.750. The minimum Gasteiger partial charge on any atom is -0.268 e. The van der Waals surface area contributed by atoms with Gasteiger partial charge in [-0.25, -0.2) is 8.60 Å². The highest BCUT2D eigenvalue weighted by molar-refractivity contribution is 9.10. The van der Waals surface area contributed by atoms with Crippen LogP contribution >= 0.6 is 15.9 Å². The number of carbonyl (C=O) groups is 1. The third-order valence-corrected chi connectivity index (χ3v) is 4.07. The average molecular weight is 306 g/mol. The molecule has 16 heavy (non-hydrogen) atoms. The van der Waals surface area contributed by atoms with Crippen molar-refractivity contribution in [2.75, 3.05) is 6.26 Å². The van der Waals surface area contributed by atoms with Crippen LogP contribution in [0.25, 0.3) is 0 Å². The van der Waals surface area contributed by atoms with Crippen molar-refractivity contribution in [3.63, 3.8) is 0 Å². The zero-order valence-corrected chi connectivity index (χ0v) is 11.1. The van der Waals surface area contributed by atoms with Gasteiger partial charge in [0.15, 0.2) is 0 Å². The summed E-state index contributed by atoms with van der Waals surface area (Å²) in [7, 11) is -1.44.